The van der Waals surface area contributed by atoms with E-state index in [2.05, 4.69) is 9.72 Å². The Balaban J connectivity index is 1.54. The molecule has 1 atom stereocenters. The Morgan fingerprint density at radius 2 is 2.04 bits per heavy atom. The largest absolute Gasteiger partial charge is 0.573 e. The number of nitrogens with zero attached hydrogens (tertiary/aromatic N) is 3. The van der Waals surface area contributed by atoms with E-state index in [-0.39, 0.29) is 24.3 Å². The Morgan fingerprint density at radius 3 is 2.68 bits per heavy atom. The van der Waals surface area contributed by atoms with Gasteiger partial charge >= 0.3 is 12.2 Å². The standard InChI is InChI=1S/C15H14F3N3O4/c16-15(17,18)25-11-3-1-10(2-4-11)9-24-12-5-6-13-19-14(21(22)23)8-20(13)7-12/h1-4,8,12H,5-7,9H2. The third-order valence-electron chi connectivity index (χ3n) is 3.77. The molecule has 0 saturated heterocycles. The van der Waals surface area contributed by atoms with Crippen LogP contribution in [0.1, 0.15) is 17.8 Å². The van der Waals surface area contributed by atoms with Crippen molar-refractivity contribution >= 4 is 5.82 Å². The fourth-order valence-corrected chi connectivity index (χ4v) is 2.62. The smallest absolute Gasteiger partial charge is 0.406 e. The van der Waals surface area contributed by atoms with Crippen molar-refractivity contribution in [2.24, 2.45) is 0 Å². The van der Waals surface area contributed by atoms with Crippen molar-refractivity contribution in [1.29, 1.82) is 0 Å². The third-order valence-corrected chi connectivity index (χ3v) is 3.77. The molecule has 0 bridgehead atoms. The lowest BCUT2D eigenvalue weighted by atomic mass is 10.1. The Bertz CT molecular complexity index is 758. The van der Waals surface area contributed by atoms with E-state index in [9.17, 15) is 23.3 Å². The zero-order valence-electron chi connectivity index (χ0n) is 12.9. The van der Waals surface area contributed by atoms with Gasteiger partial charge in [0.15, 0.2) is 0 Å². The number of hydrogen-bond acceptors (Lipinski definition) is 5. The highest BCUT2D eigenvalue weighted by molar-refractivity contribution is 5.27. The molecule has 0 saturated carbocycles. The van der Waals surface area contributed by atoms with Gasteiger partial charge in [0.1, 0.15) is 11.9 Å². The number of aromatic nitrogens is 2. The highest BCUT2D eigenvalue weighted by Gasteiger charge is 2.31. The van der Waals surface area contributed by atoms with Gasteiger partial charge in [0, 0.05) is 6.42 Å². The number of alkyl halides is 3. The lowest BCUT2D eigenvalue weighted by molar-refractivity contribution is -0.389. The number of hydrogen-bond donors (Lipinski definition) is 0. The number of ether oxygens (including phenoxy) is 2. The van der Waals surface area contributed by atoms with E-state index in [1.807, 2.05) is 0 Å². The van der Waals surface area contributed by atoms with Gasteiger partial charge in [-0.3, -0.25) is 0 Å². The molecule has 1 aromatic heterocycles. The summed E-state index contributed by atoms with van der Waals surface area (Å²) in [5.41, 5.74) is 0.705. The molecule has 0 fully saturated rings. The van der Waals surface area contributed by atoms with Crippen LogP contribution in [0.4, 0.5) is 19.0 Å². The van der Waals surface area contributed by atoms with E-state index in [1.165, 1.54) is 30.5 Å². The lowest BCUT2D eigenvalue weighted by Gasteiger charge is -2.22. The van der Waals surface area contributed by atoms with Crippen LogP contribution in [0.3, 0.4) is 0 Å². The Labute approximate surface area is 140 Å². The van der Waals surface area contributed by atoms with E-state index in [0.717, 1.165) is 0 Å². The van der Waals surface area contributed by atoms with Crippen molar-refractivity contribution in [2.75, 3.05) is 0 Å². The lowest BCUT2D eigenvalue weighted by Crippen LogP contribution is -2.26. The molecule has 2 aromatic rings. The number of imidazole rings is 1. The molecule has 3 rings (SSSR count). The van der Waals surface area contributed by atoms with Gasteiger partial charge in [0.05, 0.1) is 19.3 Å². The molecule has 1 aromatic carbocycles. The first kappa shape index (κ1) is 17.2. The average molecular weight is 357 g/mol. The highest BCUT2D eigenvalue weighted by atomic mass is 19.4. The normalized spacial score (nSPS) is 17.2. The molecule has 0 radical (unpaired) electrons. The molecule has 1 aliphatic heterocycles. The van der Waals surface area contributed by atoms with Gasteiger partial charge in [0.2, 0.25) is 5.82 Å². The number of benzene rings is 1. The van der Waals surface area contributed by atoms with E-state index < -0.39 is 11.3 Å². The van der Waals surface area contributed by atoms with Crippen LogP contribution < -0.4 is 4.74 Å². The van der Waals surface area contributed by atoms with E-state index >= 15 is 0 Å². The minimum absolute atomic E-state index is 0.146. The predicted molar refractivity (Wildman–Crippen MR) is 78.9 cm³/mol. The summed E-state index contributed by atoms with van der Waals surface area (Å²) in [7, 11) is 0. The van der Waals surface area contributed by atoms with Gasteiger partial charge in [0.25, 0.3) is 0 Å². The van der Waals surface area contributed by atoms with Crippen molar-refractivity contribution in [3.05, 3.63) is 52.0 Å². The van der Waals surface area contributed by atoms with Crippen molar-refractivity contribution in [1.82, 2.24) is 9.55 Å². The van der Waals surface area contributed by atoms with Gasteiger partial charge in [-0.25, -0.2) is 0 Å². The molecule has 25 heavy (non-hydrogen) atoms. The van der Waals surface area contributed by atoms with Gasteiger partial charge in [-0.15, -0.1) is 13.2 Å². The van der Waals surface area contributed by atoms with Crippen LogP contribution in [-0.4, -0.2) is 26.9 Å². The molecule has 0 spiro atoms. The average Bonchev–Trinajstić information content (AvgIpc) is 2.96. The second-order valence-corrected chi connectivity index (χ2v) is 5.59. The van der Waals surface area contributed by atoms with E-state index in [0.29, 0.717) is 30.8 Å². The molecule has 1 unspecified atom stereocenters. The molecule has 134 valence electrons. The summed E-state index contributed by atoms with van der Waals surface area (Å²) in [6.07, 6.45) is -2.24. The van der Waals surface area contributed by atoms with Crippen LogP contribution in [0.5, 0.6) is 5.75 Å². The van der Waals surface area contributed by atoms with Gasteiger partial charge in [-0.1, -0.05) is 12.1 Å². The zero-order chi connectivity index (χ0) is 18.0. The van der Waals surface area contributed by atoms with Crippen LogP contribution in [0.25, 0.3) is 0 Å². The van der Waals surface area contributed by atoms with Crippen LogP contribution in [0.15, 0.2) is 30.5 Å². The fourth-order valence-electron chi connectivity index (χ4n) is 2.62. The van der Waals surface area contributed by atoms with Crippen LogP contribution in [0.2, 0.25) is 0 Å². The van der Waals surface area contributed by atoms with E-state index in [4.69, 9.17) is 4.74 Å². The molecular weight excluding hydrogens is 343 g/mol. The van der Waals surface area contributed by atoms with Crippen LogP contribution in [-0.2, 0) is 24.3 Å². The van der Waals surface area contributed by atoms with Crippen LogP contribution in [0, 0.1) is 10.1 Å². The second-order valence-electron chi connectivity index (χ2n) is 5.59. The van der Waals surface area contributed by atoms with Gasteiger partial charge < -0.3 is 24.2 Å². The molecule has 10 heteroatoms. The maximum atomic E-state index is 12.1. The summed E-state index contributed by atoms with van der Waals surface area (Å²) in [5.74, 6) is 0.181. The molecule has 1 aliphatic rings. The summed E-state index contributed by atoms with van der Waals surface area (Å²) < 4.78 is 47.6. The highest BCUT2D eigenvalue weighted by Crippen LogP contribution is 2.24. The third kappa shape index (κ3) is 4.47. The Hall–Kier alpha value is -2.62. The maximum absolute atomic E-state index is 12.1. The number of halogens is 3. The topological polar surface area (TPSA) is 79.4 Å². The summed E-state index contributed by atoms with van der Waals surface area (Å²) in [6, 6.07) is 5.45. The predicted octanol–water partition coefficient (Wildman–Crippen LogP) is 3.22. The summed E-state index contributed by atoms with van der Waals surface area (Å²) in [6.45, 7) is 0.675. The van der Waals surface area contributed by atoms with Gasteiger partial charge in [-0.05, 0) is 34.0 Å². The Kier molecular flexibility index (Phi) is 4.62. The zero-order valence-corrected chi connectivity index (χ0v) is 12.9. The minimum atomic E-state index is -4.72. The maximum Gasteiger partial charge on any atom is 0.573 e. The van der Waals surface area contributed by atoms with Crippen molar-refractivity contribution in [3.8, 4) is 5.75 Å². The van der Waals surface area contributed by atoms with Crippen LogP contribution >= 0.6 is 0 Å². The molecule has 0 amide bonds. The SMILES string of the molecule is O=[N+]([O-])c1cn2c(n1)CCC(OCc1ccc(OC(F)(F)F)cc1)C2. The van der Waals surface area contributed by atoms with Crippen molar-refractivity contribution < 1.29 is 27.6 Å². The van der Waals surface area contributed by atoms with Gasteiger partial charge in [-0.2, -0.15) is 0 Å². The van der Waals surface area contributed by atoms with Crippen molar-refractivity contribution in [3.63, 3.8) is 0 Å². The second kappa shape index (κ2) is 6.71. The minimum Gasteiger partial charge on any atom is -0.406 e. The molecular formula is C15H14F3N3O4. The number of nitro groups is 1. The molecule has 7 nitrogen and oxygen atoms in total. The molecule has 0 N–H and O–H groups in total. The number of fused-ring (bicyclic) bond motifs is 1. The summed E-state index contributed by atoms with van der Waals surface area (Å²) in [4.78, 5) is 14.2. The quantitative estimate of drug-likeness (QED) is 0.606. The monoisotopic (exact) mass is 357 g/mol. The first-order valence-corrected chi connectivity index (χ1v) is 7.47. The summed E-state index contributed by atoms with van der Waals surface area (Å²) >= 11 is 0. The number of aryl methyl sites for hydroxylation is 1. The number of rotatable bonds is 5. The first-order chi connectivity index (χ1) is 11.8. The van der Waals surface area contributed by atoms with E-state index in [1.54, 1.807) is 4.57 Å². The van der Waals surface area contributed by atoms with Crippen molar-refractivity contribution in [2.45, 2.75) is 38.5 Å². The molecule has 2 heterocycles. The molecule has 0 aliphatic carbocycles. The Morgan fingerprint density at radius 1 is 1.32 bits per heavy atom. The first-order valence-electron chi connectivity index (χ1n) is 7.47. The summed E-state index contributed by atoms with van der Waals surface area (Å²) in [5, 5.41) is 10.7. The fraction of sp³-hybridized carbons (Fsp3) is 0.400.